The summed E-state index contributed by atoms with van der Waals surface area (Å²) in [5.74, 6) is -0.983. The molecular weight excluding hydrogens is 204 g/mol. The minimum absolute atomic E-state index is 0.0137. The molecular formula is C12H16N2O2. The number of hydrogen-bond donors (Lipinski definition) is 3. The molecule has 0 aliphatic rings. The minimum Gasteiger partial charge on any atom is -0.480 e. The SMILES string of the molecule is C=CCNC(CN)(C(=O)O)c1ccccc1. The Hall–Kier alpha value is -1.65. The minimum atomic E-state index is -1.24. The zero-order valence-electron chi connectivity index (χ0n) is 9.02. The van der Waals surface area contributed by atoms with Gasteiger partial charge in [-0.2, -0.15) is 0 Å². The Morgan fingerprint density at radius 3 is 2.56 bits per heavy atom. The highest BCUT2D eigenvalue weighted by Gasteiger charge is 2.38. The summed E-state index contributed by atoms with van der Waals surface area (Å²) in [7, 11) is 0. The molecule has 86 valence electrons. The van der Waals surface area contributed by atoms with Gasteiger partial charge < -0.3 is 10.8 Å². The van der Waals surface area contributed by atoms with Crippen LogP contribution in [-0.4, -0.2) is 24.2 Å². The molecule has 1 unspecified atom stereocenters. The second-order valence-corrected chi connectivity index (χ2v) is 3.45. The molecule has 4 nitrogen and oxygen atoms in total. The third-order valence-corrected chi connectivity index (χ3v) is 2.49. The van der Waals surface area contributed by atoms with Crippen LogP contribution in [-0.2, 0) is 10.3 Å². The van der Waals surface area contributed by atoms with Crippen LogP contribution in [0.1, 0.15) is 5.56 Å². The molecule has 4 heteroatoms. The predicted molar refractivity (Wildman–Crippen MR) is 63.0 cm³/mol. The van der Waals surface area contributed by atoms with E-state index in [4.69, 9.17) is 5.73 Å². The lowest BCUT2D eigenvalue weighted by Crippen LogP contribution is -2.54. The number of aliphatic carboxylic acids is 1. The fourth-order valence-corrected chi connectivity index (χ4v) is 1.55. The summed E-state index contributed by atoms with van der Waals surface area (Å²) < 4.78 is 0. The van der Waals surface area contributed by atoms with Crippen molar-refractivity contribution in [2.45, 2.75) is 5.54 Å². The number of hydrogen-bond acceptors (Lipinski definition) is 3. The van der Waals surface area contributed by atoms with Crippen LogP contribution in [0.5, 0.6) is 0 Å². The number of benzene rings is 1. The summed E-state index contributed by atoms with van der Waals surface area (Å²) in [6, 6.07) is 8.91. The molecule has 16 heavy (non-hydrogen) atoms. The molecule has 0 aliphatic carbocycles. The fourth-order valence-electron chi connectivity index (χ4n) is 1.55. The maximum absolute atomic E-state index is 11.4. The van der Waals surface area contributed by atoms with E-state index in [0.717, 1.165) is 0 Å². The van der Waals surface area contributed by atoms with E-state index in [0.29, 0.717) is 12.1 Å². The molecule has 4 N–H and O–H groups in total. The van der Waals surface area contributed by atoms with Crippen molar-refractivity contribution >= 4 is 5.97 Å². The van der Waals surface area contributed by atoms with Gasteiger partial charge in [0.05, 0.1) is 0 Å². The van der Waals surface area contributed by atoms with Gasteiger partial charge in [0.15, 0.2) is 5.54 Å². The summed E-state index contributed by atoms with van der Waals surface area (Å²) in [6.45, 7) is 3.93. The lowest BCUT2D eigenvalue weighted by Gasteiger charge is -2.29. The van der Waals surface area contributed by atoms with E-state index >= 15 is 0 Å². The smallest absolute Gasteiger partial charge is 0.329 e. The highest BCUT2D eigenvalue weighted by atomic mass is 16.4. The summed E-state index contributed by atoms with van der Waals surface area (Å²) in [5.41, 5.74) is 5.01. The molecule has 0 aromatic heterocycles. The Kier molecular flexibility index (Phi) is 4.22. The van der Waals surface area contributed by atoms with Crippen LogP contribution in [0.4, 0.5) is 0 Å². The number of nitrogens with one attached hydrogen (secondary N) is 1. The highest BCUT2D eigenvalue weighted by Crippen LogP contribution is 2.20. The molecule has 1 aromatic carbocycles. The molecule has 0 amide bonds. The fraction of sp³-hybridized carbons (Fsp3) is 0.250. The Morgan fingerprint density at radius 1 is 1.50 bits per heavy atom. The van der Waals surface area contributed by atoms with E-state index < -0.39 is 11.5 Å². The molecule has 1 aromatic rings. The van der Waals surface area contributed by atoms with Crippen LogP contribution < -0.4 is 11.1 Å². The first-order valence-electron chi connectivity index (χ1n) is 5.02. The number of carbonyl (C=O) groups is 1. The lowest BCUT2D eigenvalue weighted by molar-refractivity contribution is -0.144. The van der Waals surface area contributed by atoms with Crippen LogP contribution >= 0.6 is 0 Å². The summed E-state index contributed by atoms with van der Waals surface area (Å²) in [6.07, 6.45) is 1.61. The van der Waals surface area contributed by atoms with Crippen molar-refractivity contribution in [1.29, 1.82) is 0 Å². The highest BCUT2D eigenvalue weighted by molar-refractivity contribution is 5.81. The zero-order chi connectivity index (χ0) is 12.0. The van der Waals surface area contributed by atoms with E-state index in [1.807, 2.05) is 6.07 Å². The third kappa shape index (κ3) is 2.29. The van der Waals surface area contributed by atoms with Gasteiger partial charge in [0.2, 0.25) is 0 Å². The predicted octanol–water partition coefficient (Wildman–Crippen LogP) is 0.701. The molecule has 1 rings (SSSR count). The number of rotatable bonds is 6. The first kappa shape index (κ1) is 12.4. The molecule has 0 fully saturated rings. The van der Waals surface area contributed by atoms with Crippen molar-refractivity contribution < 1.29 is 9.90 Å². The van der Waals surface area contributed by atoms with Crippen molar-refractivity contribution in [3.05, 3.63) is 48.6 Å². The molecule has 0 spiro atoms. The van der Waals surface area contributed by atoms with Gasteiger partial charge in [-0.25, -0.2) is 4.79 Å². The second-order valence-electron chi connectivity index (χ2n) is 3.45. The van der Waals surface area contributed by atoms with E-state index in [1.54, 1.807) is 30.3 Å². The first-order chi connectivity index (χ1) is 7.67. The monoisotopic (exact) mass is 220 g/mol. The van der Waals surface area contributed by atoms with Crippen molar-refractivity contribution in [1.82, 2.24) is 5.32 Å². The molecule has 0 saturated carbocycles. The molecule has 0 saturated heterocycles. The summed E-state index contributed by atoms with van der Waals surface area (Å²) in [5, 5.41) is 12.2. The van der Waals surface area contributed by atoms with E-state index in [9.17, 15) is 9.90 Å². The van der Waals surface area contributed by atoms with Crippen LogP contribution in [0.15, 0.2) is 43.0 Å². The average molecular weight is 220 g/mol. The maximum atomic E-state index is 11.4. The average Bonchev–Trinajstić information content (AvgIpc) is 2.31. The topological polar surface area (TPSA) is 75.3 Å². The van der Waals surface area contributed by atoms with Crippen LogP contribution in [0.2, 0.25) is 0 Å². The number of carboxylic acids is 1. The van der Waals surface area contributed by atoms with Gasteiger partial charge in [0, 0.05) is 13.1 Å². The van der Waals surface area contributed by atoms with Gasteiger partial charge in [-0.1, -0.05) is 36.4 Å². The normalized spacial score (nSPS) is 14.1. The zero-order valence-corrected chi connectivity index (χ0v) is 9.02. The first-order valence-corrected chi connectivity index (χ1v) is 5.02. The molecule has 0 bridgehead atoms. The van der Waals surface area contributed by atoms with Gasteiger partial charge in [-0.15, -0.1) is 6.58 Å². The van der Waals surface area contributed by atoms with Gasteiger partial charge in [-0.3, -0.25) is 5.32 Å². The Bertz CT molecular complexity index is 365. The van der Waals surface area contributed by atoms with Gasteiger partial charge in [0.1, 0.15) is 0 Å². The van der Waals surface area contributed by atoms with Crippen molar-refractivity contribution in [2.24, 2.45) is 5.73 Å². The van der Waals surface area contributed by atoms with Crippen LogP contribution in [0.25, 0.3) is 0 Å². The van der Waals surface area contributed by atoms with E-state index in [1.165, 1.54) is 0 Å². The Morgan fingerprint density at radius 2 is 2.12 bits per heavy atom. The van der Waals surface area contributed by atoms with E-state index in [2.05, 4.69) is 11.9 Å². The molecule has 1 atom stereocenters. The standard InChI is InChI=1S/C12H16N2O2/c1-2-8-14-12(9-13,11(15)16)10-6-4-3-5-7-10/h2-7,14H,1,8-9,13H2,(H,15,16). The maximum Gasteiger partial charge on any atom is 0.329 e. The largest absolute Gasteiger partial charge is 0.480 e. The van der Waals surface area contributed by atoms with Gasteiger partial charge in [-0.05, 0) is 5.56 Å². The number of carboxylic acid groups (broad SMARTS) is 1. The summed E-state index contributed by atoms with van der Waals surface area (Å²) in [4.78, 5) is 11.4. The Balaban J connectivity index is 3.12. The van der Waals surface area contributed by atoms with Crippen molar-refractivity contribution in [2.75, 3.05) is 13.1 Å². The van der Waals surface area contributed by atoms with Gasteiger partial charge >= 0.3 is 5.97 Å². The van der Waals surface area contributed by atoms with Crippen molar-refractivity contribution in [3.63, 3.8) is 0 Å². The van der Waals surface area contributed by atoms with Crippen LogP contribution in [0.3, 0.4) is 0 Å². The molecule has 0 radical (unpaired) electrons. The Labute approximate surface area is 94.8 Å². The van der Waals surface area contributed by atoms with E-state index in [-0.39, 0.29) is 6.54 Å². The number of nitrogens with two attached hydrogens (primary N) is 1. The summed E-state index contributed by atoms with van der Waals surface area (Å²) >= 11 is 0. The lowest BCUT2D eigenvalue weighted by atomic mass is 9.90. The quantitative estimate of drug-likeness (QED) is 0.617. The second kappa shape index (κ2) is 5.44. The van der Waals surface area contributed by atoms with Crippen molar-refractivity contribution in [3.8, 4) is 0 Å². The molecule has 0 aliphatic heterocycles. The van der Waals surface area contributed by atoms with Gasteiger partial charge in [0.25, 0.3) is 0 Å². The van der Waals surface area contributed by atoms with Crippen LogP contribution in [0, 0.1) is 0 Å². The third-order valence-electron chi connectivity index (χ3n) is 2.49. The molecule has 0 heterocycles.